The summed E-state index contributed by atoms with van der Waals surface area (Å²) < 4.78 is 0. The maximum absolute atomic E-state index is 12.5. The van der Waals surface area contributed by atoms with Crippen molar-refractivity contribution >= 4 is 23.6 Å². The first-order valence-electron chi connectivity index (χ1n) is 8.54. The molecule has 1 saturated carbocycles. The molecule has 1 atom stereocenters. The fourth-order valence-corrected chi connectivity index (χ4v) is 3.14. The number of nitrogens with one attached hydrogen (secondary N) is 1. The van der Waals surface area contributed by atoms with Crippen molar-refractivity contribution in [2.45, 2.75) is 38.6 Å². The van der Waals surface area contributed by atoms with Gasteiger partial charge in [-0.25, -0.2) is 0 Å². The Morgan fingerprint density at radius 2 is 1.92 bits per heavy atom. The van der Waals surface area contributed by atoms with Crippen LogP contribution in [0.5, 0.6) is 0 Å². The van der Waals surface area contributed by atoms with Crippen LogP contribution in [0.2, 0.25) is 0 Å². The van der Waals surface area contributed by atoms with E-state index in [2.05, 4.69) is 15.5 Å². The standard InChI is InChI=1S/C18H25N5O/c1-14(17(24)23-11-9-18(7-8-18)10-12-23)21-16(19)13-20-22-15-5-3-2-4-6-15/h2-6,13-14,22H,7-12H2,1H3,(H2,19,21)/b20-13-/t14-/m1/s1. The SMILES string of the molecule is C[C@@H](N=C(N)/C=N\Nc1ccccc1)C(=O)N1CCC2(CC1)CC2. The van der Waals surface area contributed by atoms with E-state index in [-0.39, 0.29) is 11.7 Å². The molecule has 0 aromatic heterocycles. The predicted octanol–water partition coefficient (Wildman–Crippen LogP) is 2.23. The van der Waals surface area contributed by atoms with Crippen molar-refractivity contribution < 1.29 is 4.79 Å². The van der Waals surface area contributed by atoms with Gasteiger partial charge in [-0.2, -0.15) is 5.10 Å². The highest BCUT2D eigenvalue weighted by Gasteiger charge is 2.45. The Balaban J connectivity index is 1.49. The average Bonchev–Trinajstić information content (AvgIpc) is 3.35. The van der Waals surface area contributed by atoms with E-state index in [4.69, 9.17) is 5.73 Å². The van der Waals surface area contributed by atoms with Gasteiger partial charge in [0, 0.05) is 13.1 Å². The summed E-state index contributed by atoms with van der Waals surface area (Å²) in [6.45, 7) is 3.49. The quantitative estimate of drug-likeness (QED) is 0.494. The molecule has 0 unspecified atom stereocenters. The number of hydrogen-bond donors (Lipinski definition) is 2. The summed E-state index contributed by atoms with van der Waals surface area (Å²) in [4.78, 5) is 18.6. The van der Waals surface area contributed by atoms with Gasteiger partial charge in [-0.1, -0.05) is 18.2 Å². The molecule has 1 heterocycles. The fraction of sp³-hybridized carbons (Fsp3) is 0.500. The van der Waals surface area contributed by atoms with Gasteiger partial charge < -0.3 is 10.6 Å². The molecule has 1 aliphatic carbocycles. The largest absolute Gasteiger partial charge is 0.383 e. The molecule has 0 radical (unpaired) electrons. The average molecular weight is 327 g/mol. The van der Waals surface area contributed by atoms with Crippen LogP contribution in [0.4, 0.5) is 5.69 Å². The van der Waals surface area contributed by atoms with Crippen molar-refractivity contribution in [2.24, 2.45) is 21.2 Å². The molecule has 1 aromatic rings. The number of amides is 1. The lowest BCUT2D eigenvalue weighted by Crippen LogP contribution is -2.43. The number of nitrogens with two attached hydrogens (primary N) is 1. The molecule has 24 heavy (non-hydrogen) atoms. The number of hydrazone groups is 1. The summed E-state index contributed by atoms with van der Waals surface area (Å²) >= 11 is 0. The predicted molar refractivity (Wildman–Crippen MR) is 97.1 cm³/mol. The summed E-state index contributed by atoms with van der Waals surface area (Å²) in [7, 11) is 0. The van der Waals surface area contributed by atoms with Gasteiger partial charge in [-0.15, -0.1) is 0 Å². The fourth-order valence-electron chi connectivity index (χ4n) is 3.14. The number of rotatable bonds is 5. The minimum atomic E-state index is -0.471. The molecule has 1 aromatic carbocycles. The maximum atomic E-state index is 12.5. The van der Waals surface area contributed by atoms with Crippen LogP contribution >= 0.6 is 0 Å². The third-order valence-electron chi connectivity index (χ3n) is 4.96. The van der Waals surface area contributed by atoms with Crippen molar-refractivity contribution in [2.75, 3.05) is 18.5 Å². The van der Waals surface area contributed by atoms with E-state index in [1.54, 1.807) is 6.92 Å². The van der Waals surface area contributed by atoms with Crippen LogP contribution in [-0.2, 0) is 4.79 Å². The third kappa shape index (κ3) is 4.13. The zero-order valence-electron chi connectivity index (χ0n) is 14.1. The van der Waals surface area contributed by atoms with Crippen molar-refractivity contribution in [3.8, 4) is 0 Å². The Morgan fingerprint density at radius 1 is 1.25 bits per heavy atom. The summed E-state index contributed by atoms with van der Waals surface area (Å²) in [6, 6.07) is 9.10. The molecule has 2 fully saturated rings. The Morgan fingerprint density at radius 3 is 2.54 bits per heavy atom. The summed E-state index contributed by atoms with van der Waals surface area (Å²) in [5.74, 6) is 0.299. The molecule has 1 saturated heterocycles. The maximum Gasteiger partial charge on any atom is 0.247 e. The third-order valence-corrected chi connectivity index (χ3v) is 4.96. The first-order valence-corrected chi connectivity index (χ1v) is 8.54. The monoisotopic (exact) mass is 327 g/mol. The lowest BCUT2D eigenvalue weighted by molar-refractivity contribution is -0.133. The minimum absolute atomic E-state index is 0.0536. The number of aliphatic imine (C=N–C) groups is 1. The number of carbonyl (C=O) groups is 1. The topological polar surface area (TPSA) is 83.1 Å². The van der Waals surface area contributed by atoms with Crippen LogP contribution in [0.25, 0.3) is 0 Å². The van der Waals surface area contributed by atoms with Gasteiger partial charge in [0.15, 0.2) is 0 Å². The molecule has 1 aliphatic heterocycles. The molecule has 0 bridgehead atoms. The van der Waals surface area contributed by atoms with Gasteiger partial charge in [0.1, 0.15) is 11.9 Å². The van der Waals surface area contributed by atoms with E-state index < -0.39 is 6.04 Å². The van der Waals surface area contributed by atoms with Gasteiger partial charge >= 0.3 is 0 Å². The van der Waals surface area contributed by atoms with E-state index in [1.807, 2.05) is 35.2 Å². The molecule has 3 rings (SSSR count). The normalized spacial score (nSPS) is 21.0. The second kappa shape index (κ2) is 7.03. The van der Waals surface area contributed by atoms with Crippen molar-refractivity contribution in [1.29, 1.82) is 0 Å². The number of carbonyl (C=O) groups excluding carboxylic acids is 1. The molecule has 6 nitrogen and oxygen atoms in total. The van der Waals surface area contributed by atoms with Gasteiger partial charge in [-0.05, 0) is 50.2 Å². The van der Waals surface area contributed by atoms with Crippen LogP contribution < -0.4 is 11.2 Å². The van der Waals surface area contributed by atoms with Crippen LogP contribution in [0.15, 0.2) is 40.4 Å². The Bertz CT molecular complexity index is 626. The molecule has 6 heteroatoms. The number of amidine groups is 1. The molecular weight excluding hydrogens is 302 g/mol. The number of piperidine rings is 1. The van der Waals surface area contributed by atoms with E-state index >= 15 is 0 Å². The Hall–Kier alpha value is -2.37. The van der Waals surface area contributed by atoms with E-state index in [0.29, 0.717) is 5.41 Å². The molecule has 1 amide bonds. The van der Waals surface area contributed by atoms with Crippen LogP contribution in [0, 0.1) is 5.41 Å². The van der Waals surface area contributed by atoms with Crippen LogP contribution in [-0.4, -0.2) is 42.0 Å². The zero-order chi connectivity index (χ0) is 17.0. The van der Waals surface area contributed by atoms with Crippen molar-refractivity contribution in [1.82, 2.24) is 4.90 Å². The lowest BCUT2D eigenvalue weighted by atomic mass is 9.93. The summed E-state index contributed by atoms with van der Waals surface area (Å²) in [5, 5.41) is 4.04. The number of nitrogens with zero attached hydrogens (tertiary/aromatic N) is 3. The number of likely N-dealkylation sites (tertiary alicyclic amines) is 1. The molecule has 2 aliphatic rings. The molecule has 128 valence electrons. The van der Waals surface area contributed by atoms with Gasteiger partial charge in [0.05, 0.1) is 11.9 Å². The van der Waals surface area contributed by atoms with E-state index in [1.165, 1.54) is 19.1 Å². The minimum Gasteiger partial charge on any atom is -0.383 e. The molecule has 1 spiro atoms. The number of benzene rings is 1. The van der Waals surface area contributed by atoms with Crippen molar-refractivity contribution in [3.63, 3.8) is 0 Å². The van der Waals surface area contributed by atoms with Crippen LogP contribution in [0.1, 0.15) is 32.6 Å². The molecule has 3 N–H and O–H groups in total. The number of anilines is 1. The highest BCUT2D eigenvalue weighted by molar-refractivity contribution is 6.29. The second-order valence-corrected chi connectivity index (χ2v) is 6.79. The van der Waals surface area contributed by atoms with Crippen LogP contribution in [0.3, 0.4) is 0 Å². The Labute approximate surface area is 142 Å². The summed E-state index contributed by atoms with van der Waals surface area (Å²) in [6.07, 6.45) is 6.37. The second-order valence-electron chi connectivity index (χ2n) is 6.79. The number of para-hydroxylation sites is 1. The zero-order valence-corrected chi connectivity index (χ0v) is 14.1. The first kappa shape index (κ1) is 16.5. The molecular formula is C18H25N5O. The van der Waals surface area contributed by atoms with Gasteiger partial charge in [0.2, 0.25) is 5.91 Å². The van der Waals surface area contributed by atoms with E-state index in [9.17, 15) is 4.79 Å². The highest BCUT2D eigenvalue weighted by Crippen LogP contribution is 2.53. The highest BCUT2D eigenvalue weighted by atomic mass is 16.2. The van der Waals surface area contributed by atoms with Gasteiger partial charge in [-0.3, -0.25) is 15.2 Å². The number of hydrogen-bond acceptors (Lipinski definition) is 4. The van der Waals surface area contributed by atoms with Gasteiger partial charge in [0.25, 0.3) is 0 Å². The Kier molecular flexibility index (Phi) is 4.83. The first-order chi connectivity index (χ1) is 11.6. The van der Waals surface area contributed by atoms with E-state index in [0.717, 1.165) is 31.6 Å². The summed E-state index contributed by atoms with van der Waals surface area (Å²) in [5.41, 5.74) is 10.2. The van der Waals surface area contributed by atoms with Crippen molar-refractivity contribution in [3.05, 3.63) is 30.3 Å². The smallest absolute Gasteiger partial charge is 0.247 e. The lowest BCUT2D eigenvalue weighted by Gasteiger charge is -2.33.